The summed E-state index contributed by atoms with van der Waals surface area (Å²) < 4.78 is 12.9. The van der Waals surface area contributed by atoms with Crippen molar-refractivity contribution in [2.24, 2.45) is 0 Å². The first-order valence-corrected chi connectivity index (χ1v) is 11.7. The van der Waals surface area contributed by atoms with E-state index in [1.807, 2.05) is 30.0 Å². The Labute approximate surface area is 178 Å². The molecule has 0 aromatic heterocycles. The Balaban J connectivity index is 1.39. The van der Waals surface area contributed by atoms with E-state index in [1.165, 1.54) is 53.1 Å². The number of anilines is 2. The standard InChI is InChI=1S/C21H24FN3O2S2/c22-17-4-6-18(7-5-17)23-20(26)14-29-15-21(27)24-19-3-1-2-16(12-19)13-25-8-10-28-11-9-25/h1-7,12H,8-11,13-15H2,(H,23,26)(H,24,27). The van der Waals surface area contributed by atoms with Crippen molar-refractivity contribution in [2.45, 2.75) is 6.54 Å². The minimum atomic E-state index is -0.354. The van der Waals surface area contributed by atoms with Crippen LogP contribution in [0.15, 0.2) is 48.5 Å². The van der Waals surface area contributed by atoms with Crippen molar-refractivity contribution in [2.75, 3.05) is 46.7 Å². The maximum absolute atomic E-state index is 12.9. The smallest absolute Gasteiger partial charge is 0.234 e. The van der Waals surface area contributed by atoms with Gasteiger partial charge in [0.05, 0.1) is 11.5 Å². The Morgan fingerprint density at radius 2 is 1.62 bits per heavy atom. The van der Waals surface area contributed by atoms with Crippen LogP contribution in [0.3, 0.4) is 0 Å². The number of carbonyl (C=O) groups excluding carboxylic acids is 2. The van der Waals surface area contributed by atoms with Crippen molar-refractivity contribution in [1.29, 1.82) is 0 Å². The molecule has 154 valence electrons. The molecule has 2 amide bonds. The summed E-state index contributed by atoms with van der Waals surface area (Å²) in [6.45, 7) is 3.08. The van der Waals surface area contributed by atoms with E-state index in [9.17, 15) is 14.0 Å². The zero-order chi connectivity index (χ0) is 20.5. The fourth-order valence-corrected chi connectivity index (χ4v) is 4.52. The Morgan fingerprint density at radius 1 is 0.966 bits per heavy atom. The maximum atomic E-state index is 12.9. The zero-order valence-corrected chi connectivity index (χ0v) is 17.7. The first-order valence-electron chi connectivity index (χ1n) is 9.40. The van der Waals surface area contributed by atoms with E-state index < -0.39 is 0 Å². The normalized spacial score (nSPS) is 14.4. The van der Waals surface area contributed by atoms with Crippen LogP contribution in [0.5, 0.6) is 0 Å². The van der Waals surface area contributed by atoms with Crippen molar-refractivity contribution >= 4 is 46.7 Å². The van der Waals surface area contributed by atoms with Gasteiger partial charge in [-0.1, -0.05) is 12.1 Å². The number of hydrogen-bond acceptors (Lipinski definition) is 5. The van der Waals surface area contributed by atoms with Crippen LogP contribution >= 0.6 is 23.5 Å². The van der Waals surface area contributed by atoms with Gasteiger partial charge in [-0.05, 0) is 42.0 Å². The molecule has 0 saturated carbocycles. The molecule has 2 aromatic rings. The third-order valence-corrected chi connectivity index (χ3v) is 6.19. The zero-order valence-electron chi connectivity index (χ0n) is 16.0. The summed E-state index contributed by atoms with van der Waals surface area (Å²) in [5.74, 6) is 1.95. The number of rotatable bonds is 8. The third-order valence-electron chi connectivity index (χ3n) is 4.31. The number of thioether (sulfide) groups is 2. The Bertz CT molecular complexity index is 827. The molecule has 0 bridgehead atoms. The van der Waals surface area contributed by atoms with Gasteiger partial charge >= 0.3 is 0 Å². The monoisotopic (exact) mass is 433 g/mol. The molecular formula is C21H24FN3O2S2. The Kier molecular flexibility index (Phi) is 8.39. The topological polar surface area (TPSA) is 61.4 Å². The van der Waals surface area contributed by atoms with Crippen LogP contribution in [0.2, 0.25) is 0 Å². The number of carbonyl (C=O) groups is 2. The van der Waals surface area contributed by atoms with E-state index in [1.54, 1.807) is 0 Å². The van der Waals surface area contributed by atoms with E-state index >= 15 is 0 Å². The minimum absolute atomic E-state index is 0.142. The average molecular weight is 434 g/mol. The van der Waals surface area contributed by atoms with E-state index in [0.717, 1.165) is 25.3 Å². The molecule has 29 heavy (non-hydrogen) atoms. The van der Waals surface area contributed by atoms with E-state index in [0.29, 0.717) is 5.69 Å². The summed E-state index contributed by atoms with van der Waals surface area (Å²) >= 11 is 3.22. The summed E-state index contributed by atoms with van der Waals surface area (Å²) in [4.78, 5) is 26.5. The van der Waals surface area contributed by atoms with E-state index in [4.69, 9.17) is 0 Å². The summed E-state index contributed by atoms with van der Waals surface area (Å²) in [5, 5.41) is 5.57. The molecule has 0 aliphatic carbocycles. The second kappa shape index (κ2) is 11.2. The molecule has 0 atom stereocenters. The fraction of sp³-hybridized carbons (Fsp3) is 0.333. The molecule has 1 saturated heterocycles. The number of amides is 2. The molecular weight excluding hydrogens is 409 g/mol. The van der Waals surface area contributed by atoms with Crippen molar-refractivity contribution in [1.82, 2.24) is 4.90 Å². The number of nitrogens with one attached hydrogen (secondary N) is 2. The van der Waals surface area contributed by atoms with Crippen LogP contribution in [-0.4, -0.2) is 52.8 Å². The molecule has 3 rings (SSSR count). The third kappa shape index (κ3) is 7.72. The number of benzene rings is 2. The molecule has 8 heteroatoms. The van der Waals surface area contributed by atoms with Crippen LogP contribution in [0.25, 0.3) is 0 Å². The van der Waals surface area contributed by atoms with Crippen LogP contribution in [-0.2, 0) is 16.1 Å². The Hall–Kier alpha value is -2.03. The van der Waals surface area contributed by atoms with Crippen molar-refractivity contribution < 1.29 is 14.0 Å². The molecule has 5 nitrogen and oxygen atoms in total. The molecule has 1 heterocycles. The fourth-order valence-electron chi connectivity index (χ4n) is 2.93. The summed E-state index contributed by atoms with van der Waals surface area (Å²) in [6, 6.07) is 13.5. The van der Waals surface area contributed by atoms with Gasteiger partial charge in [0.1, 0.15) is 5.82 Å². The molecule has 0 radical (unpaired) electrons. The predicted octanol–water partition coefficient (Wildman–Crippen LogP) is 3.68. The van der Waals surface area contributed by atoms with Gasteiger partial charge in [0, 0.05) is 42.5 Å². The van der Waals surface area contributed by atoms with E-state index in [2.05, 4.69) is 21.6 Å². The molecule has 0 spiro atoms. The minimum Gasteiger partial charge on any atom is -0.325 e. The summed E-state index contributed by atoms with van der Waals surface area (Å²) in [5.41, 5.74) is 2.49. The first kappa shape index (κ1) is 21.7. The lowest BCUT2D eigenvalue weighted by molar-refractivity contribution is -0.114. The lowest BCUT2D eigenvalue weighted by Gasteiger charge is -2.26. The quantitative estimate of drug-likeness (QED) is 0.665. The van der Waals surface area contributed by atoms with Gasteiger partial charge in [0.2, 0.25) is 11.8 Å². The number of hydrogen-bond donors (Lipinski definition) is 2. The van der Waals surface area contributed by atoms with Gasteiger partial charge in [-0.25, -0.2) is 4.39 Å². The molecule has 0 unspecified atom stereocenters. The summed E-state index contributed by atoms with van der Waals surface area (Å²) in [7, 11) is 0. The maximum Gasteiger partial charge on any atom is 0.234 e. The highest BCUT2D eigenvalue weighted by Gasteiger charge is 2.11. The van der Waals surface area contributed by atoms with Crippen LogP contribution in [0.1, 0.15) is 5.56 Å². The van der Waals surface area contributed by atoms with Gasteiger partial charge in [-0.3, -0.25) is 14.5 Å². The van der Waals surface area contributed by atoms with Gasteiger partial charge in [-0.15, -0.1) is 11.8 Å². The van der Waals surface area contributed by atoms with Gasteiger partial charge in [0.15, 0.2) is 0 Å². The molecule has 1 aliphatic heterocycles. The molecule has 1 aliphatic rings. The van der Waals surface area contributed by atoms with Gasteiger partial charge < -0.3 is 10.6 Å². The lowest BCUT2D eigenvalue weighted by Crippen LogP contribution is -2.31. The molecule has 1 fully saturated rings. The second-order valence-corrected chi connectivity index (χ2v) is 8.90. The largest absolute Gasteiger partial charge is 0.325 e. The van der Waals surface area contributed by atoms with Gasteiger partial charge in [-0.2, -0.15) is 11.8 Å². The predicted molar refractivity (Wildman–Crippen MR) is 120 cm³/mol. The van der Waals surface area contributed by atoms with Crippen LogP contribution in [0, 0.1) is 5.82 Å². The van der Waals surface area contributed by atoms with Crippen molar-refractivity contribution in [3.8, 4) is 0 Å². The number of halogens is 1. The van der Waals surface area contributed by atoms with E-state index in [-0.39, 0.29) is 29.1 Å². The average Bonchev–Trinajstić information content (AvgIpc) is 2.71. The highest BCUT2D eigenvalue weighted by molar-refractivity contribution is 8.00. The van der Waals surface area contributed by atoms with Crippen LogP contribution in [0.4, 0.5) is 15.8 Å². The SMILES string of the molecule is O=C(CSCC(=O)Nc1cccc(CN2CCSCC2)c1)Nc1ccc(F)cc1. The van der Waals surface area contributed by atoms with Gasteiger partial charge in [0.25, 0.3) is 0 Å². The van der Waals surface area contributed by atoms with Crippen molar-refractivity contribution in [3.05, 3.63) is 59.9 Å². The highest BCUT2D eigenvalue weighted by Crippen LogP contribution is 2.16. The number of nitrogens with zero attached hydrogens (tertiary/aromatic N) is 1. The van der Waals surface area contributed by atoms with Crippen molar-refractivity contribution in [3.63, 3.8) is 0 Å². The molecule has 2 aromatic carbocycles. The molecule has 2 N–H and O–H groups in total. The summed E-state index contributed by atoms with van der Waals surface area (Å²) in [6.07, 6.45) is 0. The Morgan fingerprint density at radius 3 is 2.31 bits per heavy atom. The lowest BCUT2D eigenvalue weighted by atomic mass is 10.2. The second-order valence-electron chi connectivity index (χ2n) is 6.68. The highest BCUT2D eigenvalue weighted by atomic mass is 32.2. The first-order chi connectivity index (χ1) is 14.1. The van der Waals surface area contributed by atoms with Crippen LogP contribution < -0.4 is 10.6 Å².